The number of likely N-dealkylation sites (N-methyl/N-ethyl adjacent to an activating group) is 1. The molecule has 0 radical (unpaired) electrons. The van der Waals surface area contributed by atoms with Gasteiger partial charge in [-0.1, -0.05) is 33.7 Å². The number of amides is 2. The predicted molar refractivity (Wildman–Crippen MR) is 428 cm³/mol. The number of hydrogen-bond acceptors (Lipinski definition) is 48. The van der Waals surface area contributed by atoms with Crippen LogP contribution in [0.25, 0.3) is 0 Å². The van der Waals surface area contributed by atoms with Gasteiger partial charge in [0, 0.05) is 79.3 Å². The molecule has 21 aliphatic heterocycles. The van der Waals surface area contributed by atoms with Crippen LogP contribution in [-0.2, 0) is 95.0 Å². The number of aliphatic hydroxyl groups excluding tert-OH is 19. The van der Waals surface area contributed by atoms with E-state index < -0.39 is 283 Å². The van der Waals surface area contributed by atoms with E-state index in [1.807, 2.05) is 18.2 Å². The van der Waals surface area contributed by atoms with Crippen LogP contribution in [-0.4, -0.2) is 465 Å². The number of nitrogens with zero attached hydrogens (tertiary/aromatic N) is 2. The van der Waals surface area contributed by atoms with Crippen LogP contribution in [0.4, 0.5) is 0 Å². The fourth-order valence-electron chi connectivity index (χ4n) is 14.3. The third kappa shape index (κ3) is 27.5. The lowest BCUT2D eigenvalue weighted by Crippen LogP contribution is -2.68. The van der Waals surface area contributed by atoms with Crippen molar-refractivity contribution in [3.8, 4) is 0 Å². The Morgan fingerprint density at radius 1 is 0.390 bits per heavy atom. The van der Waals surface area contributed by atoms with E-state index in [-0.39, 0.29) is 81.8 Å². The average Bonchev–Trinajstić information content (AvgIpc) is 0.886. The molecule has 2 amide bonds. The number of carbonyl (C=O) groups is 4. The molecule has 44 nitrogen and oxygen atoms in total. The zero-order valence-corrected chi connectivity index (χ0v) is 71.5. The number of rotatable bonds is 37. The normalized spacial score (nSPS) is 39.4. The van der Waals surface area contributed by atoms with Gasteiger partial charge in [0.05, 0.1) is 83.6 Å². The Kier molecular flexibility index (Phi) is 42.2. The number of aromatic nitrogens is 2. The summed E-state index contributed by atoms with van der Waals surface area (Å²) in [5, 5.41) is 231. The highest BCUT2D eigenvalue weighted by Gasteiger charge is 2.60. The Morgan fingerprint density at radius 2 is 0.691 bits per heavy atom. The van der Waals surface area contributed by atoms with E-state index in [2.05, 4.69) is 25.9 Å². The molecule has 123 heavy (non-hydrogen) atoms. The maximum absolute atomic E-state index is 14.2. The van der Waals surface area contributed by atoms with Crippen molar-refractivity contribution >= 4 is 90.1 Å². The molecule has 0 saturated carbocycles. The van der Waals surface area contributed by atoms with Crippen molar-refractivity contribution in [2.45, 2.75) is 257 Å². The van der Waals surface area contributed by atoms with Crippen LogP contribution < -0.4 is 16.0 Å². The van der Waals surface area contributed by atoms with Crippen molar-refractivity contribution < 1.29 is 192 Å². The number of Topliss-reactive ketones (excluding diaryl/α,β-unsaturated/α-hetero) is 2. The topological polar surface area (TPSA) is 662 Å². The Morgan fingerprint density at radius 3 is 0.992 bits per heavy atom. The Balaban J connectivity index is 0.912. The Bertz CT molecular complexity index is 3460. The summed E-state index contributed by atoms with van der Waals surface area (Å²) in [5.74, 6) is -2.59. The van der Waals surface area contributed by atoms with E-state index in [0.717, 1.165) is 28.5 Å². The quantitative estimate of drug-likeness (QED) is 0.0221. The summed E-state index contributed by atoms with van der Waals surface area (Å²) < 4.78 is 95.5. The molecular weight excluding hydrogens is 1760 g/mol. The third-order valence-electron chi connectivity index (χ3n) is 21.1. The van der Waals surface area contributed by atoms with Gasteiger partial charge in [-0.25, -0.2) is 9.97 Å². The predicted octanol–water partition coefficient (Wildman–Crippen LogP) is -9.28. The zero-order chi connectivity index (χ0) is 88.7. The molecule has 21 fully saturated rings. The van der Waals surface area contributed by atoms with E-state index in [0.29, 0.717) is 16.5 Å². The SMILES string of the molecule is CN[C@H](CSCC1O[C@H]2O[C@@H]3C(CO)O[C@H](O[C@@H]4C(CO)O[C@@H](O[C@@H]5C(CO)O[C@H](O[C@@H]6C(CSC[C@@H](CC(=O)CCOCCOCCC(C)=O)C(=O)NCCSSc7ccccn7)O[C@H](O[C@@H]7C(CO)O[C@@H](O[C@@H]8C(CO)O[C@@H](O[C@H]1[C@H](O)C2O)C(O)[C@H]8O)C(O)[C@H]7O)C(O)[C@H]6O)C(O)[C@H]5O)C(O)[C@H]4O)C(O)[C@H]3O)C(=O)NCCSSc1ccccn1. The van der Waals surface area contributed by atoms with Gasteiger partial charge in [-0.15, -0.1) is 0 Å². The van der Waals surface area contributed by atoms with Crippen molar-refractivity contribution in [2.75, 3.05) is 114 Å². The maximum atomic E-state index is 14.2. The molecule has 23 heterocycles. The lowest BCUT2D eigenvalue weighted by molar-refractivity contribution is -0.395. The number of ketones is 2. The first-order valence-electron chi connectivity index (χ1n) is 39.8. The van der Waals surface area contributed by atoms with Crippen molar-refractivity contribution in [2.24, 2.45) is 5.92 Å². The summed E-state index contributed by atoms with van der Waals surface area (Å²) in [6.45, 7) is -3.37. The van der Waals surface area contributed by atoms with Crippen LogP contribution in [0, 0.1) is 5.92 Å². The molecule has 2 aromatic rings. The molecule has 0 aromatic carbocycles. The van der Waals surface area contributed by atoms with Crippen LogP contribution in [0.5, 0.6) is 0 Å². The number of ether oxygens (including phenoxy) is 16. The largest absolute Gasteiger partial charge is 0.394 e. The Hall–Kier alpha value is -2.76. The lowest BCUT2D eigenvalue weighted by atomic mass is 9.95. The molecule has 22 N–H and O–H groups in total. The minimum absolute atomic E-state index is 0.0233. The summed E-state index contributed by atoms with van der Waals surface area (Å²) in [6.07, 6.45) is -69.3. The first kappa shape index (κ1) is 102. The smallest absolute Gasteiger partial charge is 0.238 e. The maximum Gasteiger partial charge on any atom is 0.238 e. The molecule has 50 heteroatoms. The van der Waals surface area contributed by atoms with Crippen molar-refractivity contribution in [1.29, 1.82) is 0 Å². The van der Waals surface area contributed by atoms with E-state index in [9.17, 15) is 116 Å². The second kappa shape index (κ2) is 50.8. The molecule has 700 valence electrons. The summed E-state index contributed by atoms with van der Waals surface area (Å²) in [5.41, 5.74) is 0. The van der Waals surface area contributed by atoms with Crippen molar-refractivity contribution in [3.63, 3.8) is 0 Å². The molecule has 37 atom stereocenters. The van der Waals surface area contributed by atoms with Gasteiger partial charge < -0.3 is 189 Å². The van der Waals surface area contributed by atoms with Gasteiger partial charge in [0.25, 0.3) is 0 Å². The van der Waals surface area contributed by atoms with Crippen LogP contribution in [0.3, 0.4) is 0 Å². The molecule has 0 spiro atoms. The average molecular weight is 1880 g/mol. The Labute approximate surface area is 730 Å². The van der Waals surface area contributed by atoms with Gasteiger partial charge >= 0.3 is 0 Å². The van der Waals surface area contributed by atoms with E-state index in [1.165, 1.54) is 57.1 Å². The molecule has 23 rings (SSSR count). The number of hydrogen-bond donors (Lipinski definition) is 22. The van der Waals surface area contributed by atoms with Gasteiger partial charge in [-0.05, 0) is 59.8 Å². The van der Waals surface area contributed by atoms with E-state index in [4.69, 9.17) is 75.8 Å². The monoisotopic (exact) mass is 1880 g/mol. The van der Waals surface area contributed by atoms with Gasteiger partial charge in [0.1, 0.15) is 180 Å². The number of thioether (sulfide) groups is 2. The van der Waals surface area contributed by atoms with Crippen molar-refractivity contribution in [1.82, 2.24) is 25.9 Å². The van der Waals surface area contributed by atoms with Gasteiger partial charge in [0.15, 0.2) is 44.0 Å². The highest BCUT2D eigenvalue weighted by atomic mass is 33.1. The first-order valence-corrected chi connectivity index (χ1v) is 46.8. The second-order valence-electron chi connectivity index (χ2n) is 29.8. The first-order chi connectivity index (χ1) is 59.1. The number of pyridine rings is 2. The molecule has 2 aromatic heterocycles. The van der Waals surface area contributed by atoms with Crippen LogP contribution in [0.1, 0.15) is 26.2 Å². The van der Waals surface area contributed by atoms with Crippen LogP contribution in [0.15, 0.2) is 58.8 Å². The number of aliphatic hydroxyl groups is 19. The van der Waals surface area contributed by atoms with Crippen LogP contribution >= 0.6 is 66.7 Å². The molecule has 21 saturated heterocycles. The second-order valence-corrected chi connectivity index (χ2v) is 36.8. The third-order valence-corrected chi connectivity index (χ3v) is 28.0. The lowest BCUT2D eigenvalue weighted by Gasteiger charge is -2.50. The highest BCUT2D eigenvalue weighted by Crippen LogP contribution is 2.41. The minimum Gasteiger partial charge on any atom is -0.394 e. The summed E-state index contributed by atoms with van der Waals surface area (Å²) >= 11 is 1.96. The summed E-state index contributed by atoms with van der Waals surface area (Å²) in [4.78, 5) is 61.3. The fraction of sp³-hybridized carbons (Fsp3) is 0.808. The molecule has 14 bridgehead atoms. The highest BCUT2D eigenvalue weighted by molar-refractivity contribution is 8.77. The van der Waals surface area contributed by atoms with Gasteiger partial charge in [-0.3, -0.25) is 19.2 Å². The van der Waals surface area contributed by atoms with Crippen molar-refractivity contribution in [3.05, 3.63) is 48.8 Å². The van der Waals surface area contributed by atoms with Crippen LogP contribution in [0.2, 0.25) is 0 Å². The summed E-state index contributed by atoms with van der Waals surface area (Å²) in [6, 6.07) is 9.91. The van der Waals surface area contributed by atoms with Gasteiger partial charge in [-0.2, -0.15) is 23.5 Å². The zero-order valence-electron chi connectivity index (χ0n) is 66.6. The standard InChI is InChI=1S/C73H113N5O39S6/c1-31(84)9-15-102-17-18-103-16-10-33(85)21-32(65(100)77-13-19-120-122-42-7-3-5-11-75-42)27-118-29-40-63-49(91)56(98)72(109-40)114-61-38(25-82)105-69(52(94)45(61)87)113-60-37(24-81)108-71(55(97)48(60)90)117-64-41(30-119-28-34(74-2)66(101)78-14-20-121-123-43-8-4-6-12-76-43)110-73(57(99)50(64)92)115-62-39(26-83)106-68(53(95)46(62)88)111-58-35(22-79)104-67(51(93)44(58)86)112-59-36(23-80)107-70(116-63)54(96)47(59)89/h3-8,11-12,32,34-41,44-64,67-74,79-83,86-99H,9-10,13-30H2,1-2H3,(H,77,100)(H,78,101)/t32-,34-,35?,36?,37?,38?,39?,40?,41?,44-,45-,46-,47-,48-,49-,50-,51?,52?,53?,54?,55?,56?,57?,58-,59-,60-,61-,62-,63-,64-,67+,68-,69+,70-,71+,72-,73+/m1/s1. The fourth-order valence-corrected chi connectivity index (χ4v) is 20.3. The molecule has 14 unspecified atom stereocenters. The van der Waals surface area contributed by atoms with E-state index in [1.54, 1.807) is 30.6 Å². The molecule has 0 aliphatic carbocycles. The number of carbonyl (C=O) groups excluding carboxylic acids is 4. The van der Waals surface area contributed by atoms with Gasteiger partial charge in [0.2, 0.25) is 11.8 Å². The molecular formula is C73H113N5O39S6. The summed E-state index contributed by atoms with van der Waals surface area (Å²) in [7, 11) is 7.12. The minimum atomic E-state index is -2.30. The molecule has 21 aliphatic rings. The van der Waals surface area contributed by atoms with E-state index >= 15 is 0 Å². The number of nitrogens with one attached hydrogen (secondary N) is 3.